The average Bonchev–Trinajstić information content (AvgIpc) is 3.40. The van der Waals surface area contributed by atoms with Crippen molar-refractivity contribution >= 4 is 44.3 Å². The zero-order chi connectivity index (χ0) is 27.8. The molecule has 0 aliphatic rings. The van der Waals surface area contributed by atoms with Crippen molar-refractivity contribution in [2.24, 2.45) is 5.73 Å². The first kappa shape index (κ1) is 28.1. The molecule has 1 unspecified atom stereocenters. The second-order valence-corrected chi connectivity index (χ2v) is 14.0. The van der Waals surface area contributed by atoms with Gasteiger partial charge in [-0.3, -0.25) is 9.20 Å². The Bertz CT molecular complexity index is 1600. The lowest BCUT2D eigenvalue weighted by Crippen LogP contribution is -2.35. The van der Waals surface area contributed by atoms with Gasteiger partial charge in [0.2, 0.25) is 0 Å². The van der Waals surface area contributed by atoms with Crippen molar-refractivity contribution in [1.82, 2.24) is 14.7 Å². The Kier molecular flexibility index (Phi) is 7.90. The molecule has 0 bridgehead atoms. The molecule has 1 amide bonds. The summed E-state index contributed by atoms with van der Waals surface area (Å²) in [4.78, 5) is 17.7. The summed E-state index contributed by atoms with van der Waals surface area (Å²) >= 11 is 7.80. The maximum Gasteiger partial charge on any atom is 0.262 e. The van der Waals surface area contributed by atoms with Crippen LogP contribution in [0.25, 0.3) is 16.2 Å². The van der Waals surface area contributed by atoms with Crippen LogP contribution in [0.1, 0.15) is 60.2 Å². The smallest absolute Gasteiger partial charge is 0.262 e. The summed E-state index contributed by atoms with van der Waals surface area (Å²) in [7, 11) is -3.20. The molecule has 202 valence electrons. The Hall–Kier alpha value is -2.92. The van der Waals surface area contributed by atoms with E-state index in [4.69, 9.17) is 22.1 Å². The number of imidazole rings is 1. The fraction of sp³-hybridized carbons (Fsp3) is 0.333. The number of carbonyl (C=O) groups is 1. The van der Waals surface area contributed by atoms with Crippen molar-refractivity contribution in [3.63, 3.8) is 0 Å². The molecule has 0 spiro atoms. The number of hydrogen-bond donors (Lipinski definition) is 2. The van der Waals surface area contributed by atoms with E-state index in [1.807, 2.05) is 25.1 Å². The Labute approximate surface area is 231 Å². The normalized spacial score (nSPS) is 13.1. The van der Waals surface area contributed by atoms with Crippen molar-refractivity contribution < 1.29 is 17.9 Å². The summed E-state index contributed by atoms with van der Waals surface area (Å²) in [6, 6.07) is 11.1. The van der Waals surface area contributed by atoms with E-state index in [2.05, 4.69) is 31.1 Å². The van der Waals surface area contributed by atoms with Crippen molar-refractivity contribution in [1.29, 1.82) is 0 Å². The number of rotatable bonds is 9. The zero-order valence-corrected chi connectivity index (χ0v) is 24.3. The van der Waals surface area contributed by atoms with E-state index < -0.39 is 21.8 Å². The number of primary amides is 1. The minimum Gasteiger partial charge on any atom is -0.484 e. The SMILES string of the molecule is CC(Oc1cc(-c2cnc3ccc(CS(C)(=O)=O)cn23)sc1C(N)=O)c1ccc(CNC(C)(C)C)cc1Cl. The molecular formula is C27H31ClN4O4S2. The summed E-state index contributed by atoms with van der Waals surface area (Å²) in [5.41, 5.74) is 9.49. The topological polar surface area (TPSA) is 116 Å². The molecular weight excluding hydrogens is 544 g/mol. The number of aromatic nitrogens is 2. The van der Waals surface area contributed by atoms with Crippen LogP contribution in [-0.4, -0.2) is 35.5 Å². The summed E-state index contributed by atoms with van der Waals surface area (Å²) in [6.07, 6.45) is 4.15. The van der Waals surface area contributed by atoms with Crippen molar-refractivity contribution in [3.05, 3.63) is 75.4 Å². The third-order valence-electron chi connectivity index (χ3n) is 5.80. The van der Waals surface area contributed by atoms with E-state index in [1.165, 1.54) is 17.6 Å². The first-order valence-electron chi connectivity index (χ1n) is 12.0. The number of sulfone groups is 1. The molecule has 3 heterocycles. The highest BCUT2D eigenvalue weighted by molar-refractivity contribution is 7.89. The van der Waals surface area contributed by atoms with E-state index in [9.17, 15) is 13.2 Å². The first-order valence-corrected chi connectivity index (χ1v) is 15.2. The fourth-order valence-electron chi connectivity index (χ4n) is 3.99. The van der Waals surface area contributed by atoms with E-state index in [0.717, 1.165) is 11.1 Å². The van der Waals surface area contributed by atoms with Crippen LogP contribution in [0.4, 0.5) is 0 Å². The van der Waals surface area contributed by atoms with Gasteiger partial charge in [-0.25, -0.2) is 13.4 Å². The largest absolute Gasteiger partial charge is 0.484 e. The number of benzene rings is 1. The molecule has 1 aromatic carbocycles. The number of halogens is 1. The quantitative estimate of drug-likeness (QED) is 0.277. The van der Waals surface area contributed by atoms with Gasteiger partial charge >= 0.3 is 0 Å². The van der Waals surface area contributed by atoms with Crippen LogP contribution in [0, 0.1) is 0 Å². The van der Waals surface area contributed by atoms with Crippen LogP contribution in [0.3, 0.4) is 0 Å². The van der Waals surface area contributed by atoms with Crippen LogP contribution in [0.2, 0.25) is 5.02 Å². The standard InChI is InChI=1S/C27H31ClN4O4S2/c1-16(19-8-6-17(10-20(19)28)12-31-27(2,3)4)36-22-11-23(37-25(22)26(29)33)21-13-30-24-9-7-18(14-32(21)24)15-38(5,34)35/h6-11,13-14,16,31H,12,15H2,1-5H3,(H2,29,33). The van der Waals surface area contributed by atoms with Gasteiger partial charge in [-0.05, 0) is 51.0 Å². The monoisotopic (exact) mass is 574 g/mol. The maximum atomic E-state index is 12.3. The molecule has 1 atom stereocenters. The maximum absolute atomic E-state index is 12.3. The molecule has 3 aromatic heterocycles. The number of carbonyl (C=O) groups excluding carboxylic acids is 1. The summed E-state index contributed by atoms with van der Waals surface area (Å²) in [6.45, 7) is 8.86. The van der Waals surface area contributed by atoms with Gasteiger partial charge in [0.15, 0.2) is 9.84 Å². The van der Waals surface area contributed by atoms with E-state index in [1.54, 1.807) is 35.0 Å². The second kappa shape index (κ2) is 10.7. The number of amides is 1. The van der Waals surface area contributed by atoms with Gasteiger partial charge in [-0.15, -0.1) is 11.3 Å². The molecule has 0 fully saturated rings. The lowest BCUT2D eigenvalue weighted by atomic mass is 10.1. The van der Waals surface area contributed by atoms with Gasteiger partial charge in [0.1, 0.15) is 22.4 Å². The third-order valence-corrected chi connectivity index (χ3v) is 8.14. The van der Waals surface area contributed by atoms with Gasteiger partial charge in [-0.1, -0.05) is 29.8 Å². The molecule has 4 rings (SSSR count). The van der Waals surface area contributed by atoms with E-state index in [-0.39, 0.29) is 16.2 Å². The van der Waals surface area contributed by atoms with Crippen molar-refractivity contribution in [2.45, 2.75) is 51.6 Å². The summed E-state index contributed by atoms with van der Waals surface area (Å²) < 4.78 is 31.6. The molecule has 3 N–H and O–H groups in total. The fourth-order valence-corrected chi connectivity index (χ4v) is 6.07. The predicted molar refractivity (Wildman–Crippen MR) is 153 cm³/mol. The minimum absolute atomic E-state index is 0.0144. The van der Waals surface area contributed by atoms with Crippen LogP contribution in [-0.2, 0) is 22.1 Å². The summed E-state index contributed by atoms with van der Waals surface area (Å²) in [5.74, 6) is -0.346. The van der Waals surface area contributed by atoms with Crippen LogP contribution in [0.15, 0.2) is 48.8 Å². The molecule has 0 aliphatic heterocycles. The number of nitrogens with one attached hydrogen (secondary N) is 1. The van der Waals surface area contributed by atoms with Crippen molar-refractivity contribution in [3.8, 4) is 16.3 Å². The third kappa shape index (κ3) is 6.74. The molecule has 0 radical (unpaired) electrons. The van der Waals surface area contributed by atoms with Gasteiger partial charge in [-0.2, -0.15) is 0 Å². The van der Waals surface area contributed by atoms with E-state index >= 15 is 0 Å². The molecule has 0 aliphatic carbocycles. The number of fused-ring (bicyclic) bond motifs is 1. The van der Waals surface area contributed by atoms with Gasteiger partial charge in [0.05, 0.1) is 22.5 Å². The molecule has 8 nitrogen and oxygen atoms in total. The molecule has 38 heavy (non-hydrogen) atoms. The molecule has 0 saturated heterocycles. The van der Waals surface area contributed by atoms with E-state index in [0.29, 0.717) is 39.1 Å². The Morgan fingerprint density at radius 1 is 1.21 bits per heavy atom. The number of pyridine rings is 1. The number of hydrogen-bond acceptors (Lipinski definition) is 7. The number of thiophene rings is 1. The van der Waals surface area contributed by atoms with Crippen LogP contribution < -0.4 is 15.8 Å². The zero-order valence-electron chi connectivity index (χ0n) is 21.9. The van der Waals surface area contributed by atoms with Crippen LogP contribution >= 0.6 is 22.9 Å². The highest BCUT2D eigenvalue weighted by Gasteiger charge is 2.22. The number of nitrogens with two attached hydrogens (primary N) is 1. The number of nitrogens with zero attached hydrogens (tertiary/aromatic N) is 2. The van der Waals surface area contributed by atoms with Crippen molar-refractivity contribution in [2.75, 3.05) is 6.26 Å². The second-order valence-electron chi connectivity index (χ2n) is 10.4. The van der Waals surface area contributed by atoms with Gasteiger partial charge in [0.25, 0.3) is 5.91 Å². The van der Waals surface area contributed by atoms with Crippen LogP contribution in [0.5, 0.6) is 5.75 Å². The minimum atomic E-state index is -3.20. The molecule has 0 saturated carbocycles. The lowest BCUT2D eigenvalue weighted by molar-refractivity contribution is 0.0998. The average molecular weight is 575 g/mol. The van der Waals surface area contributed by atoms with Gasteiger partial charge < -0.3 is 15.8 Å². The molecule has 11 heteroatoms. The highest BCUT2D eigenvalue weighted by Crippen LogP contribution is 2.39. The first-order chi connectivity index (χ1) is 17.7. The lowest BCUT2D eigenvalue weighted by Gasteiger charge is -2.21. The Balaban J connectivity index is 1.62. The summed E-state index contributed by atoms with van der Waals surface area (Å²) in [5, 5.41) is 4.01. The predicted octanol–water partition coefficient (Wildman–Crippen LogP) is 5.39. The molecule has 4 aromatic rings. The number of ether oxygens (including phenoxy) is 1. The Morgan fingerprint density at radius 3 is 2.55 bits per heavy atom. The highest BCUT2D eigenvalue weighted by atomic mass is 35.5. The van der Waals surface area contributed by atoms with Gasteiger partial charge in [0, 0.05) is 41.2 Å². The Morgan fingerprint density at radius 2 is 1.92 bits per heavy atom.